The van der Waals surface area contributed by atoms with Crippen LogP contribution in [-0.4, -0.2) is 12.6 Å². The standard InChI is InChI=1S/C17H19FN2O/c1-13-9-10-15(12-16(13)18)20-17(21)19-11-5-8-14-6-3-2-4-7-14/h2-4,6-7,9-10,12H,5,8,11H2,1H3,(H2,19,20,21). The molecule has 0 aliphatic rings. The van der Waals surface area contributed by atoms with Crippen molar-refractivity contribution < 1.29 is 9.18 Å². The van der Waals surface area contributed by atoms with Crippen LogP contribution in [0.5, 0.6) is 0 Å². The molecule has 3 nitrogen and oxygen atoms in total. The Balaban J connectivity index is 1.71. The van der Waals surface area contributed by atoms with E-state index in [4.69, 9.17) is 0 Å². The molecule has 2 aromatic rings. The second-order valence-corrected chi connectivity index (χ2v) is 4.93. The molecule has 0 bridgehead atoms. The molecule has 0 saturated heterocycles. The highest BCUT2D eigenvalue weighted by atomic mass is 19.1. The number of carbonyl (C=O) groups excluding carboxylic acids is 1. The third-order valence-corrected chi connectivity index (χ3v) is 3.20. The van der Waals surface area contributed by atoms with Gasteiger partial charge in [0.15, 0.2) is 0 Å². The molecule has 4 heteroatoms. The van der Waals surface area contributed by atoms with Gasteiger partial charge in [-0.05, 0) is 43.0 Å². The molecular weight excluding hydrogens is 267 g/mol. The fourth-order valence-electron chi connectivity index (χ4n) is 1.99. The third-order valence-electron chi connectivity index (χ3n) is 3.20. The molecule has 21 heavy (non-hydrogen) atoms. The maximum atomic E-state index is 13.4. The van der Waals surface area contributed by atoms with E-state index in [1.54, 1.807) is 19.1 Å². The highest BCUT2D eigenvalue weighted by molar-refractivity contribution is 5.89. The van der Waals surface area contributed by atoms with Gasteiger partial charge < -0.3 is 10.6 Å². The van der Waals surface area contributed by atoms with Crippen molar-refractivity contribution in [2.24, 2.45) is 0 Å². The Hall–Kier alpha value is -2.36. The van der Waals surface area contributed by atoms with E-state index in [-0.39, 0.29) is 11.8 Å². The first-order valence-corrected chi connectivity index (χ1v) is 7.00. The number of halogens is 1. The molecule has 0 aliphatic heterocycles. The Morgan fingerprint density at radius 2 is 1.90 bits per heavy atom. The van der Waals surface area contributed by atoms with Crippen molar-refractivity contribution in [3.05, 3.63) is 65.5 Å². The SMILES string of the molecule is Cc1ccc(NC(=O)NCCCc2ccccc2)cc1F. The van der Waals surface area contributed by atoms with Gasteiger partial charge in [0, 0.05) is 12.2 Å². The molecule has 2 N–H and O–H groups in total. The highest BCUT2D eigenvalue weighted by Gasteiger charge is 2.03. The highest BCUT2D eigenvalue weighted by Crippen LogP contribution is 2.13. The number of nitrogens with one attached hydrogen (secondary N) is 2. The smallest absolute Gasteiger partial charge is 0.319 e. The second kappa shape index (κ2) is 7.43. The van der Waals surface area contributed by atoms with E-state index in [1.165, 1.54) is 11.6 Å². The summed E-state index contributed by atoms with van der Waals surface area (Å²) >= 11 is 0. The van der Waals surface area contributed by atoms with E-state index in [0.717, 1.165) is 12.8 Å². The van der Waals surface area contributed by atoms with Crippen LogP contribution in [0, 0.1) is 12.7 Å². The molecule has 2 aromatic carbocycles. The van der Waals surface area contributed by atoms with Crippen molar-refractivity contribution in [2.75, 3.05) is 11.9 Å². The zero-order valence-corrected chi connectivity index (χ0v) is 12.0. The number of aryl methyl sites for hydroxylation is 2. The van der Waals surface area contributed by atoms with Gasteiger partial charge in [0.1, 0.15) is 5.82 Å². The van der Waals surface area contributed by atoms with Crippen molar-refractivity contribution in [3.8, 4) is 0 Å². The molecule has 0 aromatic heterocycles. The summed E-state index contributed by atoms with van der Waals surface area (Å²) in [4.78, 5) is 11.7. The minimum atomic E-state index is -0.322. The van der Waals surface area contributed by atoms with Crippen molar-refractivity contribution in [3.63, 3.8) is 0 Å². The number of rotatable bonds is 5. The van der Waals surface area contributed by atoms with Gasteiger partial charge >= 0.3 is 6.03 Å². The summed E-state index contributed by atoms with van der Waals surface area (Å²) in [6, 6.07) is 14.4. The lowest BCUT2D eigenvalue weighted by atomic mass is 10.1. The largest absolute Gasteiger partial charge is 0.338 e. The molecule has 2 rings (SSSR count). The predicted molar refractivity (Wildman–Crippen MR) is 82.9 cm³/mol. The van der Waals surface area contributed by atoms with Crippen LogP contribution >= 0.6 is 0 Å². The lowest BCUT2D eigenvalue weighted by molar-refractivity contribution is 0.252. The number of carbonyl (C=O) groups is 1. The van der Waals surface area contributed by atoms with E-state index in [0.29, 0.717) is 17.8 Å². The Kier molecular flexibility index (Phi) is 5.32. The van der Waals surface area contributed by atoms with Gasteiger partial charge in [0.05, 0.1) is 0 Å². The van der Waals surface area contributed by atoms with E-state index in [1.807, 2.05) is 18.2 Å². The second-order valence-electron chi connectivity index (χ2n) is 4.93. The summed E-state index contributed by atoms with van der Waals surface area (Å²) in [5.74, 6) is -0.322. The van der Waals surface area contributed by atoms with Crippen LogP contribution < -0.4 is 10.6 Å². The van der Waals surface area contributed by atoms with Crippen molar-refractivity contribution in [1.29, 1.82) is 0 Å². The minimum Gasteiger partial charge on any atom is -0.338 e. The summed E-state index contributed by atoms with van der Waals surface area (Å²) in [5.41, 5.74) is 2.27. The Labute approximate surface area is 124 Å². The predicted octanol–water partition coefficient (Wildman–Crippen LogP) is 3.89. The van der Waals surface area contributed by atoms with Crippen LogP contribution in [0.25, 0.3) is 0 Å². The van der Waals surface area contributed by atoms with Crippen LogP contribution in [0.2, 0.25) is 0 Å². The Morgan fingerprint density at radius 3 is 2.62 bits per heavy atom. The van der Waals surface area contributed by atoms with Crippen molar-refractivity contribution in [1.82, 2.24) is 5.32 Å². The van der Waals surface area contributed by atoms with E-state index >= 15 is 0 Å². The van der Waals surface area contributed by atoms with E-state index < -0.39 is 0 Å². The summed E-state index contributed by atoms with van der Waals surface area (Å²) in [6.07, 6.45) is 1.78. The van der Waals surface area contributed by atoms with Gasteiger partial charge in [-0.3, -0.25) is 0 Å². The Morgan fingerprint density at radius 1 is 1.14 bits per heavy atom. The molecular formula is C17H19FN2O. The normalized spacial score (nSPS) is 10.2. The molecule has 110 valence electrons. The van der Waals surface area contributed by atoms with E-state index in [2.05, 4.69) is 22.8 Å². The zero-order valence-electron chi connectivity index (χ0n) is 12.0. The summed E-state index contributed by atoms with van der Waals surface area (Å²) < 4.78 is 13.4. The summed E-state index contributed by atoms with van der Waals surface area (Å²) in [5, 5.41) is 5.38. The van der Waals surface area contributed by atoms with Crippen LogP contribution in [-0.2, 0) is 6.42 Å². The number of benzene rings is 2. The monoisotopic (exact) mass is 286 g/mol. The lowest BCUT2D eigenvalue weighted by Crippen LogP contribution is -2.29. The van der Waals surface area contributed by atoms with Crippen molar-refractivity contribution in [2.45, 2.75) is 19.8 Å². The number of hydrogen-bond donors (Lipinski definition) is 2. The molecule has 0 fully saturated rings. The van der Waals surface area contributed by atoms with Crippen LogP contribution in [0.15, 0.2) is 48.5 Å². The Bertz CT molecular complexity index is 599. The molecule has 0 atom stereocenters. The fourth-order valence-corrected chi connectivity index (χ4v) is 1.99. The van der Waals surface area contributed by atoms with Crippen molar-refractivity contribution >= 4 is 11.7 Å². The minimum absolute atomic E-state index is 0.314. The van der Waals surface area contributed by atoms with Crippen LogP contribution in [0.4, 0.5) is 14.9 Å². The zero-order chi connectivity index (χ0) is 15.1. The quantitative estimate of drug-likeness (QED) is 0.804. The first kappa shape index (κ1) is 15.0. The maximum absolute atomic E-state index is 13.4. The molecule has 0 aliphatic carbocycles. The average molecular weight is 286 g/mol. The van der Waals surface area contributed by atoms with Gasteiger partial charge in [-0.1, -0.05) is 36.4 Å². The maximum Gasteiger partial charge on any atom is 0.319 e. The first-order valence-electron chi connectivity index (χ1n) is 7.00. The number of urea groups is 1. The molecule has 0 spiro atoms. The van der Waals surface area contributed by atoms with Gasteiger partial charge in [0.2, 0.25) is 0 Å². The average Bonchev–Trinajstić information content (AvgIpc) is 2.49. The fraction of sp³-hybridized carbons (Fsp3) is 0.235. The summed E-state index contributed by atoms with van der Waals surface area (Å²) in [7, 11) is 0. The van der Waals surface area contributed by atoms with Crippen LogP contribution in [0.1, 0.15) is 17.5 Å². The van der Waals surface area contributed by atoms with E-state index in [9.17, 15) is 9.18 Å². The molecule has 0 radical (unpaired) electrons. The first-order chi connectivity index (χ1) is 10.1. The summed E-state index contributed by atoms with van der Waals surface area (Å²) in [6.45, 7) is 2.26. The topological polar surface area (TPSA) is 41.1 Å². The molecule has 0 saturated carbocycles. The van der Waals surface area contributed by atoms with Gasteiger partial charge in [-0.15, -0.1) is 0 Å². The molecule has 0 unspecified atom stereocenters. The number of anilines is 1. The lowest BCUT2D eigenvalue weighted by Gasteiger charge is -2.08. The molecule has 0 heterocycles. The number of amides is 2. The van der Waals surface area contributed by atoms with Gasteiger partial charge in [-0.2, -0.15) is 0 Å². The third kappa shape index (κ3) is 4.91. The van der Waals surface area contributed by atoms with Gasteiger partial charge in [0.25, 0.3) is 0 Å². The van der Waals surface area contributed by atoms with Crippen LogP contribution in [0.3, 0.4) is 0 Å². The molecule has 2 amide bonds. The number of hydrogen-bond acceptors (Lipinski definition) is 1. The van der Waals surface area contributed by atoms with Gasteiger partial charge in [-0.25, -0.2) is 9.18 Å².